The molecule has 2 aliphatic heterocycles. The number of hydrogen-bond acceptors (Lipinski definition) is 3. The third-order valence-corrected chi connectivity index (χ3v) is 5.63. The van der Waals surface area contributed by atoms with Crippen LogP contribution in [0.3, 0.4) is 0 Å². The topological polar surface area (TPSA) is 59.0 Å². The van der Waals surface area contributed by atoms with Crippen molar-refractivity contribution in [2.75, 3.05) is 13.2 Å². The van der Waals surface area contributed by atoms with Crippen LogP contribution in [-0.4, -0.2) is 38.5 Å². The van der Waals surface area contributed by atoms with Crippen molar-refractivity contribution >= 4 is 16.0 Å². The Hall–Kier alpha value is -1.56. The maximum atomic E-state index is 12.4. The molecule has 3 rings (SSSR count). The fourth-order valence-corrected chi connectivity index (χ4v) is 3.93. The van der Waals surface area contributed by atoms with E-state index in [0.717, 1.165) is 24.9 Å². The van der Waals surface area contributed by atoms with Gasteiger partial charge in [-0.1, -0.05) is 31.5 Å². The van der Waals surface area contributed by atoms with Gasteiger partial charge in [-0.15, -0.1) is 4.40 Å². The number of aryl methyl sites for hydroxylation is 1. The summed E-state index contributed by atoms with van der Waals surface area (Å²) in [5.41, 5.74) is 1.17. The molecule has 0 spiro atoms. The van der Waals surface area contributed by atoms with Crippen LogP contribution in [0.5, 0.6) is 0 Å². The lowest BCUT2D eigenvalue weighted by atomic mass is 9.82. The zero-order valence-electron chi connectivity index (χ0n) is 13.2. The molecule has 2 aliphatic rings. The van der Waals surface area contributed by atoms with E-state index in [1.807, 2.05) is 11.8 Å². The lowest BCUT2D eigenvalue weighted by molar-refractivity contribution is 0.140. The van der Waals surface area contributed by atoms with Crippen LogP contribution in [0.4, 0.5) is 0 Å². The number of fused-ring (bicyclic) bond motifs is 1. The van der Waals surface area contributed by atoms with E-state index in [4.69, 9.17) is 4.74 Å². The largest absolute Gasteiger partial charge is 0.462 e. The van der Waals surface area contributed by atoms with Gasteiger partial charge in [0.2, 0.25) is 0 Å². The first-order valence-electron chi connectivity index (χ1n) is 7.58. The first-order chi connectivity index (χ1) is 10.3. The van der Waals surface area contributed by atoms with Crippen LogP contribution in [-0.2, 0) is 14.8 Å². The molecule has 2 fully saturated rings. The lowest BCUT2D eigenvalue weighted by Crippen LogP contribution is -2.46. The Labute approximate surface area is 132 Å². The van der Waals surface area contributed by atoms with Gasteiger partial charge in [0.1, 0.15) is 6.61 Å². The summed E-state index contributed by atoms with van der Waals surface area (Å²) in [6, 6.07) is 7.21. The molecule has 120 valence electrons. The maximum Gasteiger partial charge on any atom is 0.303 e. The molecule has 0 aromatic heterocycles. The van der Waals surface area contributed by atoms with Gasteiger partial charge in [0.15, 0.2) is 0 Å². The van der Waals surface area contributed by atoms with Crippen molar-refractivity contribution in [2.24, 2.45) is 9.81 Å². The monoisotopic (exact) mass is 322 g/mol. The molecule has 1 unspecified atom stereocenters. The van der Waals surface area contributed by atoms with Crippen molar-refractivity contribution in [1.29, 1.82) is 0 Å². The molecular weight excluding hydrogens is 300 g/mol. The average Bonchev–Trinajstić information content (AvgIpc) is 2.80. The highest BCUT2D eigenvalue weighted by Gasteiger charge is 2.40. The van der Waals surface area contributed by atoms with Gasteiger partial charge in [0.25, 0.3) is 10.0 Å². The number of sulfonamides is 1. The minimum absolute atomic E-state index is 0.151. The summed E-state index contributed by atoms with van der Waals surface area (Å²) in [6.07, 6.45) is 2.13. The van der Waals surface area contributed by atoms with Gasteiger partial charge in [-0.3, -0.25) is 0 Å². The highest BCUT2D eigenvalue weighted by Crippen LogP contribution is 2.35. The Kier molecular flexibility index (Phi) is 3.67. The van der Waals surface area contributed by atoms with Crippen LogP contribution in [0.2, 0.25) is 0 Å². The van der Waals surface area contributed by atoms with Crippen molar-refractivity contribution in [3.05, 3.63) is 29.8 Å². The van der Waals surface area contributed by atoms with Gasteiger partial charge in [-0.25, -0.2) is 0 Å². The third kappa shape index (κ3) is 2.97. The zero-order chi connectivity index (χ0) is 16.0. The summed E-state index contributed by atoms with van der Waals surface area (Å²) in [4.78, 5) is 2.21. The number of amidine groups is 1. The highest BCUT2D eigenvalue weighted by atomic mass is 32.2. The molecule has 5 nitrogen and oxygen atoms in total. The van der Waals surface area contributed by atoms with E-state index in [9.17, 15) is 8.42 Å². The summed E-state index contributed by atoms with van der Waals surface area (Å²) in [6.45, 7) is 7.60. The molecule has 1 aromatic rings. The number of rotatable bonds is 2. The first kappa shape index (κ1) is 15.3. The van der Waals surface area contributed by atoms with Crippen molar-refractivity contribution in [2.45, 2.75) is 44.6 Å². The number of hydrogen-bond donors (Lipinski definition) is 0. The molecule has 22 heavy (non-hydrogen) atoms. The summed E-state index contributed by atoms with van der Waals surface area (Å²) in [7, 11) is -3.73. The van der Waals surface area contributed by atoms with Crippen LogP contribution in [0.1, 0.15) is 32.3 Å². The first-order valence-corrected chi connectivity index (χ1v) is 9.02. The third-order valence-electron chi connectivity index (χ3n) is 4.36. The van der Waals surface area contributed by atoms with Gasteiger partial charge in [-0.05, 0) is 37.3 Å². The number of benzene rings is 1. The van der Waals surface area contributed by atoms with E-state index < -0.39 is 10.0 Å². The maximum absolute atomic E-state index is 12.4. The molecule has 0 bridgehead atoms. The molecule has 1 atom stereocenters. The van der Waals surface area contributed by atoms with E-state index in [1.54, 1.807) is 24.3 Å². The molecule has 1 aromatic carbocycles. The number of piperidine rings is 1. The predicted molar refractivity (Wildman–Crippen MR) is 85.3 cm³/mol. The standard InChI is InChI=1S/C16H22N2O3S/c1-12-4-6-14(7-5-12)22(19,20)17-15-18-11-16(2,3)9-8-13(18)10-21-15/h4-7,13H,8-11H2,1-3H3/b17-15+. The minimum atomic E-state index is -3.73. The Bertz CT molecular complexity index is 693. The quantitative estimate of drug-likeness (QED) is 0.839. The normalized spacial score (nSPS) is 25.9. The van der Waals surface area contributed by atoms with Crippen molar-refractivity contribution < 1.29 is 13.2 Å². The number of ether oxygens (including phenoxy) is 1. The summed E-state index contributed by atoms with van der Waals surface area (Å²) in [5.74, 6) is 0. The zero-order valence-corrected chi connectivity index (χ0v) is 14.1. The Morgan fingerprint density at radius 2 is 1.95 bits per heavy atom. The van der Waals surface area contributed by atoms with E-state index in [-0.39, 0.29) is 22.4 Å². The smallest absolute Gasteiger partial charge is 0.303 e. The van der Waals surface area contributed by atoms with Gasteiger partial charge in [0.05, 0.1) is 10.9 Å². The summed E-state index contributed by atoms with van der Waals surface area (Å²) >= 11 is 0. The van der Waals surface area contributed by atoms with Crippen LogP contribution >= 0.6 is 0 Å². The fraction of sp³-hybridized carbons (Fsp3) is 0.562. The fourth-order valence-electron chi connectivity index (χ4n) is 2.98. The van der Waals surface area contributed by atoms with Crippen LogP contribution < -0.4 is 0 Å². The predicted octanol–water partition coefficient (Wildman–Crippen LogP) is 2.56. The second kappa shape index (κ2) is 5.26. The van der Waals surface area contributed by atoms with Crippen molar-refractivity contribution in [1.82, 2.24) is 4.90 Å². The van der Waals surface area contributed by atoms with E-state index in [0.29, 0.717) is 6.61 Å². The SMILES string of the molecule is Cc1ccc(S(=O)(=O)/N=C2/OCC3CCC(C)(C)CN23)cc1. The molecule has 0 radical (unpaired) electrons. The molecule has 0 amide bonds. The van der Waals surface area contributed by atoms with Crippen molar-refractivity contribution in [3.63, 3.8) is 0 Å². The molecule has 2 heterocycles. The molecule has 0 N–H and O–H groups in total. The second-order valence-corrected chi connectivity index (χ2v) is 8.56. The Morgan fingerprint density at radius 1 is 1.27 bits per heavy atom. The summed E-state index contributed by atoms with van der Waals surface area (Å²) in [5, 5.41) is 0. The molecule has 6 heteroatoms. The highest BCUT2D eigenvalue weighted by molar-refractivity contribution is 7.90. The molecule has 0 aliphatic carbocycles. The van der Waals surface area contributed by atoms with Gasteiger partial charge in [-0.2, -0.15) is 8.42 Å². The van der Waals surface area contributed by atoms with E-state index >= 15 is 0 Å². The van der Waals surface area contributed by atoms with Crippen LogP contribution in [0, 0.1) is 12.3 Å². The lowest BCUT2D eigenvalue weighted by Gasteiger charge is -2.39. The number of nitrogens with zero attached hydrogens (tertiary/aromatic N) is 2. The Balaban J connectivity index is 1.89. The summed E-state index contributed by atoms with van der Waals surface area (Å²) < 4.78 is 34.4. The average molecular weight is 322 g/mol. The van der Waals surface area contributed by atoms with Gasteiger partial charge in [0, 0.05) is 6.54 Å². The molecule has 2 saturated heterocycles. The van der Waals surface area contributed by atoms with E-state index in [2.05, 4.69) is 18.2 Å². The minimum Gasteiger partial charge on any atom is -0.462 e. The molecular formula is C16H22N2O3S. The van der Waals surface area contributed by atoms with Gasteiger partial charge >= 0.3 is 6.02 Å². The van der Waals surface area contributed by atoms with Crippen molar-refractivity contribution in [3.8, 4) is 0 Å². The second-order valence-electron chi connectivity index (χ2n) is 6.96. The van der Waals surface area contributed by atoms with Crippen LogP contribution in [0.25, 0.3) is 0 Å². The van der Waals surface area contributed by atoms with Crippen LogP contribution in [0.15, 0.2) is 33.6 Å². The van der Waals surface area contributed by atoms with E-state index in [1.165, 1.54) is 0 Å². The van der Waals surface area contributed by atoms with Gasteiger partial charge < -0.3 is 9.64 Å². The Morgan fingerprint density at radius 3 is 2.64 bits per heavy atom. The molecule has 0 saturated carbocycles.